The van der Waals surface area contributed by atoms with Gasteiger partial charge in [0.1, 0.15) is 0 Å². The average molecular weight is 589 g/mol. The summed E-state index contributed by atoms with van der Waals surface area (Å²) in [5.74, 6) is -0.102. The lowest BCUT2D eigenvalue weighted by Crippen LogP contribution is -2.67. The topological polar surface area (TPSA) is 132 Å². The summed E-state index contributed by atoms with van der Waals surface area (Å²) in [4.78, 5) is 32.3. The maximum absolute atomic E-state index is 12.8. The molecule has 5 aliphatic carbocycles. The molecule has 7 nitrogen and oxygen atoms in total. The fourth-order valence-corrected chi connectivity index (χ4v) is 11.9. The lowest BCUT2D eigenvalue weighted by Gasteiger charge is -2.72. The Kier molecular flexibility index (Phi) is 8.83. The predicted molar refractivity (Wildman–Crippen MR) is 162 cm³/mol. The van der Waals surface area contributed by atoms with Crippen molar-refractivity contribution in [2.75, 3.05) is 0 Å². The number of carbonyl (C=O) groups is 3. The number of aliphatic hydroxyl groups excluding tert-OH is 1. The van der Waals surface area contributed by atoms with Crippen molar-refractivity contribution >= 4 is 17.9 Å². The molecule has 7 heteroatoms. The first-order chi connectivity index (χ1) is 19.4. The zero-order valence-corrected chi connectivity index (χ0v) is 26.9. The molecule has 0 saturated heterocycles. The van der Waals surface area contributed by atoms with Crippen molar-refractivity contribution in [3.63, 3.8) is 0 Å². The number of aliphatic hydroxyl groups is 1. The average Bonchev–Trinajstić information content (AvgIpc) is 3.28. The van der Waals surface area contributed by atoms with E-state index in [0.717, 1.165) is 38.5 Å². The number of rotatable bonds is 6. The van der Waals surface area contributed by atoms with Gasteiger partial charge in [-0.25, -0.2) is 0 Å². The third-order valence-electron chi connectivity index (χ3n) is 14.3. The zero-order chi connectivity index (χ0) is 31.5. The predicted octanol–water partition coefficient (Wildman–Crippen LogP) is 7.42. The molecular weight excluding hydrogens is 532 g/mol. The van der Waals surface area contributed by atoms with E-state index < -0.39 is 23.3 Å². The Morgan fingerprint density at radius 2 is 1.36 bits per heavy atom. The second-order valence-corrected chi connectivity index (χ2v) is 16.2. The normalized spacial score (nSPS) is 45.1. The summed E-state index contributed by atoms with van der Waals surface area (Å²) >= 11 is 0. The SMILES string of the molecule is C=C(C)[C@@H]1CC[C@]2(C(=O)O)CC[C@]3(C)[C@H](CC[C@@H]4[C@@]5(C)CC[C@H](O)C(C)(C)[C@@H]5CC[C@]43C)[C@@H]12.O=C(O)CCCC(=O)O. The van der Waals surface area contributed by atoms with Crippen LogP contribution in [-0.4, -0.2) is 44.4 Å². The molecule has 0 spiro atoms. The summed E-state index contributed by atoms with van der Waals surface area (Å²) < 4.78 is 0. The van der Waals surface area contributed by atoms with Crippen molar-refractivity contribution in [1.82, 2.24) is 0 Å². The molecule has 0 radical (unpaired) electrons. The molecule has 0 heterocycles. The van der Waals surface area contributed by atoms with E-state index in [1.54, 1.807) is 0 Å². The van der Waals surface area contributed by atoms with Crippen molar-refractivity contribution in [3.05, 3.63) is 12.2 Å². The Morgan fingerprint density at radius 1 is 0.738 bits per heavy atom. The summed E-state index contributed by atoms with van der Waals surface area (Å²) in [6, 6.07) is 0. The summed E-state index contributed by atoms with van der Waals surface area (Å²) in [6.45, 7) is 18.8. The van der Waals surface area contributed by atoms with Gasteiger partial charge in [-0.2, -0.15) is 0 Å². The second kappa shape index (κ2) is 11.2. The molecule has 0 aliphatic heterocycles. The van der Waals surface area contributed by atoms with E-state index in [0.29, 0.717) is 23.7 Å². The first kappa shape index (κ1) is 33.0. The maximum atomic E-state index is 12.8. The monoisotopic (exact) mass is 588 g/mol. The minimum Gasteiger partial charge on any atom is -0.481 e. The van der Waals surface area contributed by atoms with Crippen LogP contribution in [0.5, 0.6) is 0 Å². The van der Waals surface area contributed by atoms with Crippen LogP contribution in [0.25, 0.3) is 0 Å². The van der Waals surface area contributed by atoms with E-state index in [-0.39, 0.29) is 52.9 Å². The largest absolute Gasteiger partial charge is 0.481 e. The van der Waals surface area contributed by atoms with Crippen LogP contribution in [0.15, 0.2) is 12.2 Å². The molecule has 238 valence electrons. The van der Waals surface area contributed by atoms with Crippen LogP contribution in [0.4, 0.5) is 0 Å². The van der Waals surface area contributed by atoms with E-state index in [1.807, 2.05) is 0 Å². The van der Waals surface area contributed by atoms with Gasteiger partial charge in [0.2, 0.25) is 0 Å². The van der Waals surface area contributed by atoms with Gasteiger partial charge >= 0.3 is 17.9 Å². The lowest BCUT2D eigenvalue weighted by atomic mass is 9.32. The van der Waals surface area contributed by atoms with Crippen molar-refractivity contribution in [3.8, 4) is 0 Å². The molecule has 5 saturated carbocycles. The quantitative estimate of drug-likeness (QED) is 0.237. The van der Waals surface area contributed by atoms with E-state index in [9.17, 15) is 24.6 Å². The Morgan fingerprint density at radius 3 is 1.90 bits per heavy atom. The van der Waals surface area contributed by atoms with Crippen molar-refractivity contribution in [1.29, 1.82) is 0 Å². The molecule has 0 amide bonds. The number of aliphatic carboxylic acids is 3. The minimum absolute atomic E-state index is 0.0202. The zero-order valence-electron chi connectivity index (χ0n) is 26.9. The molecule has 5 fully saturated rings. The number of carboxylic acid groups (broad SMARTS) is 3. The van der Waals surface area contributed by atoms with E-state index in [2.05, 4.69) is 48.1 Å². The highest BCUT2D eigenvalue weighted by molar-refractivity contribution is 5.76. The number of hydrogen-bond donors (Lipinski definition) is 4. The van der Waals surface area contributed by atoms with Gasteiger partial charge < -0.3 is 20.4 Å². The first-order valence-electron chi connectivity index (χ1n) is 16.4. The van der Waals surface area contributed by atoms with Crippen LogP contribution >= 0.6 is 0 Å². The molecule has 5 rings (SSSR count). The highest BCUT2D eigenvalue weighted by atomic mass is 16.4. The third-order valence-corrected chi connectivity index (χ3v) is 14.3. The van der Waals surface area contributed by atoms with Crippen LogP contribution in [0.2, 0.25) is 0 Å². The summed E-state index contributed by atoms with van der Waals surface area (Å²) in [5.41, 5.74) is 1.35. The van der Waals surface area contributed by atoms with Crippen LogP contribution in [0.3, 0.4) is 0 Å². The molecule has 0 unspecified atom stereocenters. The van der Waals surface area contributed by atoms with Gasteiger partial charge in [-0.05, 0) is 129 Å². The van der Waals surface area contributed by atoms with Gasteiger partial charge in [-0.1, -0.05) is 46.8 Å². The summed E-state index contributed by atoms with van der Waals surface area (Å²) in [6.07, 6.45) is 10.5. The second-order valence-electron chi connectivity index (χ2n) is 16.2. The molecule has 0 aromatic carbocycles. The maximum Gasteiger partial charge on any atom is 0.309 e. The number of carboxylic acids is 3. The highest BCUT2D eigenvalue weighted by Crippen LogP contribution is 2.77. The molecule has 4 N–H and O–H groups in total. The fraction of sp³-hybridized carbons (Fsp3) is 0.857. The van der Waals surface area contributed by atoms with E-state index in [4.69, 9.17) is 10.2 Å². The number of allylic oxidation sites excluding steroid dienone is 1. The van der Waals surface area contributed by atoms with E-state index >= 15 is 0 Å². The van der Waals surface area contributed by atoms with Gasteiger partial charge in [0.25, 0.3) is 0 Å². The Balaban J connectivity index is 0.000000392. The number of hydrogen-bond acceptors (Lipinski definition) is 4. The molecule has 42 heavy (non-hydrogen) atoms. The van der Waals surface area contributed by atoms with Crippen LogP contribution in [0, 0.1) is 56.7 Å². The van der Waals surface area contributed by atoms with Crippen LogP contribution in [0.1, 0.15) is 125 Å². The van der Waals surface area contributed by atoms with Gasteiger partial charge in [0.05, 0.1) is 11.5 Å². The van der Waals surface area contributed by atoms with E-state index in [1.165, 1.54) is 31.3 Å². The van der Waals surface area contributed by atoms with Gasteiger partial charge in [0.15, 0.2) is 0 Å². The molecule has 10 atom stereocenters. The van der Waals surface area contributed by atoms with Gasteiger partial charge in [-0.15, -0.1) is 0 Å². The third kappa shape index (κ3) is 4.94. The highest BCUT2D eigenvalue weighted by Gasteiger charge is 2.72. The fourth-order valence-electron chi connectivity index (χ4n) is 11.9. The van der Waals surface area contributed by atoms with Gasteiger partial charge in [-0.3, -0.25) is 14.4 Å². The minimum atomic E-state index is -0.948. The van der Waals surface area contributed by atoms with Crippen molar-refractivity contribution in [2.24, 2.45) is 56.7 Å². The Labute approximate surface area is 252 Å². The summed E-state index contributed by atoms with van der Waals surface area (Å²) in [5, 5.41) is 37.5. The molecular formula is C35H56O7. The van der Waals surface area contributed by atoms with Crippen molar-refractivity contribution in [2.45, 2.75) is 131 Å². The van der Waals surface area contributed by atoms with Gasteiger partial charge in [0, 0.05) is 12.8 Å². The standard InChI is InChI=1S/C30H48O3.C5H8O4/c1-18(2)19-10-15-30(25(32)33)17-16-28(6)20(24(19)30)8-9-22-27(5)13-12-23(31)26(3,4)21(27)11-14-29(22,28)7;6-4(7)2-1-3-5(8)9/h19-24,31H,1,8-17H2,2-7H3,(H,32,33);1-3H2,(H,6,7)(H,8,9)/t19-,20+,21-,22+,23-,24+,27-,28+,29+,30-;/m0./s1. The Hall–Kier alpha value is -1.89. The number of fused-ring (bicyclic) bond motifs is 7. The molecule has 0 aromatic rings. The van der Waals surface area contributed by atoms with Crippen LogP contribution < -0.4 is 0 Å². The Bertz CT molecular complexity index is 1080. The molecule has 5 aliphatic rings. The van der Waals surface area contributed by atoms with Crippen molar-refractivity contribution < 1.29 is 34.8 Å². The van der Waals surface area contributed by atoms with Crippen LogP contribution in [-0.2, 0) is 14.4 Å². The molecule has 0 aromatic heterocycles. The smallest absolute Gasteiger partial charge is 0.309 e. The lowest BCUT2D eigenvalue weighted by molar-refractivity contribution is -0.248. The first-order valence-corrected chi connectivity index (χ1v) is 16.4. The molecule has 0 bridgehead atoms. The summed E-state index contributed by atoms with van der Waals surface area (Å²) in [7, 11) is 0.